The van der Waals surface area contributed by atoms with Crippen molar-refractivity contribution in [2.45, 2.75) is 32.6 Å². The number of rotatable bonds is 5. The van der Waals surface area contributed by atoms with Crippen molar-refractivity contribution in [1.82, 2.24) is 0 Å². The number of anilines is 2. The highest BCUT2D eigenvalue weighted by Gasteiger charge is 2.62. The summed E-state index contributed by atoms with van der Waals surface area (Å²) in [5.74, 6) is -5.51. The first-order valence-corrected chi connectivity index (χ1v) is 16.1. The Balaban J connectivity index is 1.37. The van der Waals surface area contributed by atoms with Crippen molar-refractivity contribution in [2.75, 3.05) is 24.0 Å². The number of benzene rings is 3. The molecule has 0 radical (unpaired) electrons. The largest absolute Gasteiger partial charge is 0.502 e. The van der Waals surface area contributed by atoms with E-state index in [0.717, 1.165) is 16.7 Å². The van der Waals surface area contributed by atoms with Crippen LogP contribution in [0.25, 0.3) is 0 Å². The number of aryl methyl sites for hydroxylation is 2. The van der Waals surface area contributed by atoms with Gasteiger partial charge in [-0.15, -0.1) is 0 Å². The van der Waals surface area contributed by atoms with Crippen LogP contribution in [0.5, 0.6) is 17.2 Å². The molecule has 3 aromatic carbocycles. The number of hydrogen-bond donors (Lipinski definition) is 1. The van der Waals surface area contributed by atoms with Crippen molar-refractivity contribution < 1.29 is 33.8 Å². The Labute approximate surface area is 281 Å². The number of ether oxygens (including phenoxy) is 2. The third kappa shape index (κ3) is 4.65. The molecule has 6 unspecified atom stereocenters. The summed E-state index contributed by atoms with van der Waals surface area (Å²) in [7, 11) is 2.83. The average Bonchev–Trinajstić information content (AvgIpc) is 3.46. The Bertz CT molecular complexity index is 1900. The first-order chi connectivity index (χ1) is 22.5. The van der Waals surface area contributed by atoms with Gasteiger partial charge in [-0.1, -0.05) is 47.0 Å². The molecule has 3 fully saturated rings. The van der Waals surface area contributed by atoms with Gasteiger partial charge in [0, 0.05) is 16.0 Å². The topological polar surface area (TPSA) is 113 Å². The summed E-state index contributed by atoms with van der Waals surface area (Å²) in [6.45, 7) is 3.68. The quantitative estimate of drug-likeness (QED) is 0.247. The predicted molar refractivity (Wildman–Crippen MR) is 176 cm³/mol. The van der Waals surface area contributed by atoms with Gasteiger partial charge < -0.3 is 14.6 Å². The Kier molecular flexibility index (Phi) is 7.60. The van der Waals surface area contributed by atoms with Crippen molar-refractivity contribution in [3.63, 3.8) is 0 Å². The summed E-state index contributed by atoms with van der Waals surface area (Å²) >= 11 is 12.8. The maximum Gasteiger partial charge on any atom is 0.238 e. The van der Waals surface area contributed by atoms with Crippen molar-refractivity contribution in [1.29, 1.82) is 0 Å². The number of phenolic OH excluding ortho intramolecular Hbond substituents is 1. The highest BCUT2D eigenvalue weighted by Crippen LogP contribution is 2.59. The summed E-state index contributed by atoms with van der Waals surface area (Å²) in [4.78, 5) is 59.2. The van der Waals surface area contributed by atoms with Crippen LogP contribution in [0.3, 0.4) is 0 Å². The van der Waals surface area contributed by atoms with E-state index < -0.39 is 35.5 Å². The van der Waals surface area contributed by atoms with Gasteiger partial charge in [-0.05, 0) is 85.7 Å². The number of hydrogen-bond acceptors (Lipinski definition) is 7. The minimum absolute atomic E-state index is 0.140. The molecule has 242 valence electrons. The Hall–Kier alpha value is -4.34. The molecule has 2 aliphatic carbocycles. The first kappa shape index (κ1) is 31.3. The zero-order valence-electron chi connectivity index (χ0n) is 26.1. The van der Waals surface area contributed by atoms with Gasteiger partial charge >= 0.3 is 0 Å². The second-order valence-electron chi connectivity index (χ2n) is 12.7. The van der Waals surface area contributed by atoms with E-state index in [1.54, 1.807) is 48.5 Å². The van der Waals surface area contributed by atoms with Crippen LogP contribution < -0.4 is 19.3 Å². The number of carbonyl (C=O) groups excluding carboxylic acids is 4. The monoisotopic (exact) mass is 674 g/mol. The second kappa shape index (κ2) is 11.4. The number of amides is 4. The van der Waals surface area contributed by atoms with E-state index in [1.807, 2.05) is 19.9 Å². The number of nitrogens with zero attached hydrogens (tertiary/aromatic N) is 2. The van der Waals surface area contributed by atoms with Crippen LogP contribution in [-0.4, -0.2) is 43.0 Å². The fourth-order valence-electron chi connectivity index (χ4n) is 8.01. The summed E-state index contributed by atoms with van der Waals surface area (Å²) in [5.41, 5.74) is 3.79. The number of phenols is 1. The Morgan fingerprint density at radius 1 is 0.702 bits per heavy atom. The van der Waals surface area contributed by atoms with E-state index in [9.17, 15) is 24.3 Å². The van der Waals surface area contributed by atoms with Gasteiger partial charge in [-0.25, -0.2) is 9.80 Å². The highest BCUT2D eigenvalue weighted by molar-refractivity contribution is 6.33. The molecule has 0 bridgehead atoms. The SMILES string of the molecule is COc1cc(C2C3=CCC4C(=O)N(c5ccc(C)c(Cl)c5)C(=O)C4C3CC3C(=O)N(c4ccc(C)c(Cl)c4)C(=O)C32)cc(OC)c1O. The zero-order valence-corrected chi connectivity index (χ0v) is 27.6. The molecule has 2 aliphatic heterocycles. The van der Waals surface area contributed by atoms with Crippen LogP contribution in [0.4, 0.5) is 11.4 Å². The molecule has 6 atom stereocenters. The zero-order chi connectivity index (χ0) is 33.5. The Morgan fingerprint density at radius 2 is 1.21 bits per heavy atom. The first-order valence-electron chi connectivity index (χ1n) is 15.4. The number of imide groups is 2. The molecule has 11 heteroatoms. The highest BCUT2D eigenvalue weighted by atomic mass is 35.5. The van der Waals surface area contributed by atoms with Crippen LogP contribution >= 0.6 is 23.2 Å². The number of allylic oxidation sites excluding steroid dienone is 2. The molecule has 3 aromatic rings. The van der Waals surface area contributed by atoms with Crippen molar-refractivity contribution in [3.8, 4) is 17.2 Å². The van der Waals surface area contributed by atoms with Gasteiger partial charge in [0.1, 0.15) is 0 Å². The maximum absolute atomic E-state index is 14.4. The molecule has 2 heterocycles. The van der Waals surface area contributed by atoms with E-state index in [2.05, 4.69) is 0 Å². The minimum atomic E-state index is -0.820. The van der Waals surface area contributed by atoms with Crippen molar-refractivity contribution in [2.24, 2.45) is 29.6 Å². The lowest BCUT2D eigenvalue weighted by atomic mass is 9.57. The van der Waals surface area contributed by atoms with Crippen molar-refractivity contribution >= 4 is 58.2 Å². The molecular formula is C36H32Cl2N2O7. The third-order valence-corrected chi connectivity index (χ3v) is 11.2. The maximum atomic E-state index is 14.4. The van der Waals surface area contributed by atoms with E-state index in [-0.39, 0.29) is 53.7 Å². The predicted octanol–water partition coefficient (Wildman–Crippen LogP) is 6.38. The van der Waals surface area contributed by atoms with Crippen LogP contribution in [0.2, 0.25) is 10.0 Å². The molecule has 1 N–H and O–H groups in total. The van der Waals surface area contributed by atoms with Crippen LogP contribution in [0, 0.1) is 43.4 Å². The van der Waals surface area contributed by atoms with Gasteiger partial charge in [0.2, 0.25) is 29.4 Å². The molecule has 1 saturated carbocycles. The molecule has 4 aliphatic rings. The molecule has 0 aromatic heterocycles. The normalized spacial score (nSPS) is 26.6. The van der Waals surface area contributed by atoms with Crippen LogP contribution in [0.1, 0.15) is 35.4 Å². The van der Waals surface area contributed by atoms with E-state index in [0.29, 0.717) is 27.0 Å². The minimum Gasteiger partial charge on any atom is -0.502 e. The molecule has 47 heavy (non-hydrogen) atoms. The molecular weight excluding hydrogens is 643 g/mol. The molecule has 7 rings (SSSR count). The molecule has 2 saturated heterocycles. The lowest BCUT2D eigenvalue weighted by Gasteiger charge is -2.44. The van der Waals surface area contributed by atoms with E-state index in [1.165, 1.54) is 24.0 Å². The van der Waals surface area contributed by atoms with Gasteiger partial charge in [-0.2, -0.15) is 0 Å². The number of aromatic hydroxyl groups is 1. The molecule has 0 spiro atoms. The summed E-state index contributed by atoms with van der Waals surface area (Å²) in [6, 6.07) is 13.4. The van der Waals surface area contributed by atoms with E-state index >= 15 is 0 Å². The van der Waals surface area contributed by atoms with Gasteiger partial charge in [0.25, 0.3) is 0 Å². The molecule has 9 nitrogen and oxygen atoms in total. The van der Waals surface area contributed by atoms with E-state index in [4.69, 9.17) is 32.7 Å². The lowest BCUT2D eigenvalue weighted by Crippen LogP contribution is -2.43. The summed E-state index contributed by atoms with van der Waals surface area (Å²) in [5, 5.41) is 11.6. The number of carbonyl (C=O) groups is 4. The Morgan fingerprint density at radius 3 is 1.72 bits per heavy atom. The number of methoxy groups -OCH3 is 2. The second-order valence-corrected chi connectivity index (χ2v) is 13.5. The van der Waals surface area contributed by atoms with Gasteiger partial charge in [0.05, 0.1) is 49.3 Å². The smallest absolute Gasteiger partial charge is 0.238 e. The lowest BCUT2D eigenvalue weighted by molar-refractivity contribution is -0.126. The van der Waals surface area contributed by atoms with Crippen LogP contribution in [-0.2, 0) is 19.2 Å². The summed E-state index contributed by atoms with van der Waals surface area (Å²) < 4.78 is 10.9. The molecule has 4 amide bonds. The van der Waals surface area contributed by atoms with Gasteiger partial charge in [-0.3, -0.25) is 19.2 Å². The van der Waals surface area contributed by atoms with Gasteiger partial charge in [0.15, 0.2) is 11.5 Å². The van der Waals surface area contributed by atoms with Crippen molar-refractivity contribution in [3.05, 3.63) is 86.9 Å². The number of fused-ring (bicyclic) bond motifs is 4. The third-order valence-electron chi connectivity index (χ3n) is 10.3. The fraction of sp³-hybridized carbons (Fsp3) is 0.333. The van der Waals surface area contributed by atoms with Crippen LogP contribution in [0.15, 0.2) is 60.2 Å². The number of halogens is 2. The standard InChI is InChI=1S/C36H32Cl2N2O7/c1-16-5-7-19(13-25(16)37)39-33(42)22-10-9-21-23(30(22)35(39)44)15-24-31(29(21)18-11-27(46-3)32(41)28(12-18)47-4)36(45)40(34(24)43)20-8-6-17(2)26(38)14-20/h5-9,11-14,22-24,29-31,41H,10,15H2,1-4H3. The summed E-state index contributed by atoms with van der Waals surface area (Å²) in [6.07, 6.45) is 2.46. The fourth-order valence-corrected chi connectivity index (χ4v) is 8.36. The average molecular weight is 676 g/mol.